The van der Waals surface area contributed by atoms with Crippen LogP contribution in [0.3, 0.4) is 0 Å². The third-order valence-electron chi connectivity index (χ3n) is 4.45. The Balaban J connectivity index is 1.56. The standard InChI is InChI=1S/C20H21N3O4/c1-13(19(26)22-15-7-9-17(24)10-8-15)21-20(27)14-11-18(25)23(12-14)16-5-3-2-4-6-16/h2-10,13-14,24H,11-12H2,1H3,(H,21,27)(H,22,26)/t13-,14+/m0/s1. The third kappa shape index (κ3) is 4.44. The summed E-state index contributed by atoms with van der Waals surface area (Å²) in [4.78, 5) is 38.5. The SMILES string of the molecule is C[C@H](NC(=O)[C@@H]1CC(=O)N(c2ccccc2)C1)C(=O)Nc1ccc(O)cc1. The molecule has 1 fully saturated rings. The summed E-state index contributed by atoms with van der Waals surface area (Å²) >= 11 is 0. The number of benzene rings is 2. The fourth-order valence-corrected chi connectivity index (χ4v) is 2.93. The summed E-state index contributed by atoms with van der Waals surface area (Å²) < 4.78 is 0. The number of hydrogen-bond acceptors (Lipinski definition) is 4. The number of amides is 3. The second kappa shape index (κ2) is 7.90. The van der Waals surface area contributed by atoms with Crippen molar-refractivity contribution in [3.05, 3.63) is 54.6 Å². The predicted molar refractivity (Wildman–Crippen MR) is 101 cm³/mol. The molecule has 0 unspecified atom stereocenters. The van der Waals surface area contributed by atoms with Gasteiger partial charge in [-0.2, -0.15) is 0 Å². The van der Waals surface area contributed by atoms with E-state index in [0.29, 0.717) is 12.2 Å². The normalized spacial score (nSPS) is 17.4. The van der Waals surface area contributed by atoms with Gasteiger partial charge in [0.05, 0.1) is 5.92 Å². The van der Waals surface area contributed by atoms with Crippen LogP contribution in [0.1, 0.15) is 13.3 Å². The molecule has 0 radical (unpaired) electrons. The average molecular weight is 367 g/mol. The van der Waals surface area contributed by atoms with E-state index in [0.717, 1.165) is 5.69 Å². The first kappa shape index (κ1) is 18.4. The molecule has 3 rings (SSSR count). The quantitative estimate of drug-likeness (QED) is 0.703. The van der Waals surface area contributed by atoms with Crippen LogP contribution in [0.15, 0.2) is 54.6 Å². The van der Waals surface area contributed by atoms with Gasteiger partial charge in [-0.05, 0) is 43.3 Å². The highest BCUT2D eigenvalue weighted by atomic mass is 16.3. The van der Waals surface area contributed by atoms with Gasteiger partial charge in [0.1, 0.15) is 11.8 Å². The Morgan fingerprint density at radius 2 is 1.78 bits per heavy atom. The summed E-state index contributed by atoms with van der Waals surface area (Å²) in [5.74, 6) is -1.21. The number of aromatic hydroxyl groups is 1. The van der Waals surface area contributed by atoms with Crippen molar-refractivity contribution in [3.63, 3.8) is 0 Å². The van der Waals surface area contributed by atoms with Crippen molar-refractivity contribution in [2.24, 2.45) is 5.92 Å². The Hall–Kier alpha value is -3.35. The van der Waals surface area contributed by atoms with E-state index in [9.17, 15) is 19.5 Å². The highest BCUT2D eigenvalue weighted by Gasteiger charge is 2.35. The average Bonchev–Trinajstić information content (AvgIpc) is 3.06. The number of carbonyl (C=O) groups is 3. The van der Waals surface area contributed by atoms with Gasteiger partial charge in [0.2, 0.25) is 17.7 Å². The van der Waals surface area contributed by atoms with Crippen LogP contribution in [0, 0.1) is 5.92 Å². The highest BCUT2D eigenvalue weighted by molar-refractivity contribution is 6.02. The second-order valence-electron chi connectivity index (χ2n) is 6.51. The first-order valence-electron chi connectivity index (χ1n) is 8.69. The minimum absolute atomic E-state index is 0.100. The first-order valence-corrected chi connectivity index (χ1v) is 8.69. The molecule has 27 heavy (non-hydrogen) atoms. The molecule has 2 atom stereocenters. The van der Waals surface area contributed by atoms with Crippen LogP contribution in [0.25, 0.3) is 0 Å². The minimum atomic E-state index is -0.757. The lowest BCUT2D eigenvalue weighted by atomic mass is 10.1. The molecule has 0 aromatic heterocycles. The van der Waals surface area contributed by atoms with Crippen LogP contribution >= 0.6 is 0 Å². The lowest BCUT2D eigenvalue weighted by molar-refractivity contribution is -0.129. The van der Waals surface area contributed by atoms with Gasteiger partial charge in [-0.25, -0.2) is 0 Å². The summed E-state index contributed by atoms with van der Waals surface area (Å²) in [6, 6.07) is 14.5. The number of anilines is 2. The van der Waals surface area contributed by atoms with Crippen LogP contribution in [0.2, 0.25) is 0 Å². The molecule has 2 aromatic carbocycles. The van der Waals surface area contributed by atoms with Crippen molar-refractivity contribution in [3.8, 4) is 5.75 Å². The van der Waals surface area contributed by atoms with Crippen molar-refractivity contribution in [2.75, 3.05) is 16.8 Å². The first-order chi connectivity index (χ1) is 12.9. The Morgan fingerprint density at radius 1 is 1.11 bits per heavy atom. The molecule has 3 amide bonds. The summed E-state index contributed by atoms with van der Waals surface area (Å²) in [5, 5.41) is 14.6. The van der Waals surface area contributed by atoms with E-state index in [1.54, 1.807) is 24.0 Å². The van der Waals surface area contributed by atoms with Gasteiger partial charge in [-0.15, -0.1) is 0 Å². The molecular formula is C20H21N3O4. The molecular weight excluding hydrogens is 346 g/mol. The van der Waals surface area contributed by atoms with Crippen molar-refractivity contribution in [1.82, 2.24) is 5.32 Å². The summed E-state index contributed by atoms with van der Waals surface area (Å²) in [6.07, 6.45) is 0.118. The van der Waals surface area contributed by atoms with Gasteiger partial charge in [0.25, 0.3) is 0 Å². The van der Waals surface area contributed by atoms with E-state index in [1.165, 1.54) is 12.1 Å². The number of nitrogens with one attached hydrogen (secondary N) is 2. The molecule has 0 saturated carbocycles. The number of phenolic OH excluding ortho intramolecular Hbond substituents is 1. The van der Waals surface area contributed by atoms with Crippen LogP contribution in [-0.2, 0) is 14.4 Å². The number of carbonyl (C=O) groups excluding carboxylic acids is 3. The summed E-state index contributed by atoms with van der Waals surface area (Å²) in [7, 11) is 0. The highest BCUT2D eigenvalue weighted by Crippen LogP contribution is 2.25. The summed E-state index contributed by atoms with van der Waals surface area (Å²) in [6.45, 7) is 1.88. The van der Waals surface area contributed by atoms with Gasteiger partial charge in [0.15, 0.2) is 0 Å². The number of para-hydroxylation sites is 1. The smallest absolute Gasteiger partial charge is 0.246 e. The number of nitrogens with zero attached hydrogens (tertiary/aromatic N) is 1. The number of rotatable bonds is 5. The van der Waals surface area contributed by atoms with Gasteiger partial charge < -0.3 is 20.6 Å². The Bertz CT molecular complexity index is 836. The number of hydrogen-bond donors (Lipinski definition) is 3. The minimum Gasteiger partial charge on any atom is -0.508 e. The maximum Gasteiger partial charge on any atom is 0.246 e. The van der Waals surface area contributed by atoms with Gasteiger partial charge >= 0.3 is 0 Å². The second-order valence-corrected chi connectivity index (χ2v) is 6.51. The van der Waals surface area contributed by atoms with Crippen LogP contribution in [0.4, 0.5) is 11.4 Å². The van der Waals surface area contributed by atoms with E-state index in [-0.39, 0.29) is 29.9 Å². The van der Waals surface area contributed by atoms with Crippen LogP contribution < -0.4 is 15.5 Å². The topological polar surface area (TPSA) is 98.7 Å². The van der Waals surface area contributed by atoms with Gasteiger partial charge in [-0.1, -0.05) is 18.2 Å². The van der Waals surface area contributed by atoms with Crippen molar-refractivity contribution >= 4 is 29.1 Å². The Kier molecular flexibility index (Phi) is 5.40. The predicted octanol–water partition coefficient (Wildman–Crippen LogP) is 1.89. The molecule has 0 spiro atoms. The zero-order valence-electron chi connectivity index (χ0n) is 14.9. The molecule has 1 aliphatic heterocycles. The maximum absolute atomic E-state index is 12.5. The van der Waals surface area contributed by atoms with Crippen LogP contribution in [0.5, 0.6) is 5.75 Å². The van der Waals surface area contributed by atoms with Crippen molar-refractivity contribution < 1.29 is 19.5 Å². The van der Waals surface area contributed by atoms with E-state index in [1.807, 2.05) is 30.3 Å². The van der Waals surface area contributed by atoms with E-state index >= 15 is 0 Å². The Morgan fingerprint density at radius 3 is 2.44 bits per heavy atom. The molecule has 7 heteroatoms. The molecule has 1 aliphatic rings. The van der Waals surface area contributed by atoms with E-state index in [4.69, 9.17) is 0 Å². The fraction of sp³-hybridized carbons (Fsp3) is 0.250. The van der Waals surface area contributed by atoms with Crippen molar-refractivity contribution in [1.29, 1.82) is 0 Å². The van der Waals surface area contributed by atoms with E-state index in [2.05, 4.69) is 10.6 Å². The lowest BCUT2D eigenvalue weighted by Crippen LogP contribution is -2.44. The zero-order valence-corrected chi connectivity index (χ0v) is 14.9. The van der Waals surface area contributed by atoms with Gasteiger partial charge in [0, 0.05) is 24.3 Å². The molecule has 3 N–H and O–H groups in total. The molecule has 2 aromatic rings. The monoisotopic (exact) mass is 367 g/mol. The van der Waals surface area contributed by atoms with E-state index < -0.39 is 12.0 Å². The molecule has 0 aliphatic carbocycles. The maximum atomic E-state index is 12.5. The van der Waals surface area contributed by atoms with Crippen molar-refractivity contribution in [2.45, 2.75) is 19.4 Å². The fourth-order valence-electron chi connectivity index (χ4n) is 2.93. The van der Waals surface area contributed by atoms with Gasteiger partial charge in [-0.3, -0.25) is 14.4 Å². The third-order valence-corrected chi connectivity index (χ3v) is 4.45. The van der Waals surface area contributed by atoms with Crippen LogP contribution in [-0.4, -0.2) is 35.4 Å². The Labute approximate surface area is 157 Å². The molecule has 7 nitrogen and oxygen atoms in total. The largest absolute Gasteiger partial charge is 0.508 e. The molecule has 1 heterocycles. The summed E-state index contributed by atoms with van der Waals surface area (Å²) in [5.41, 5.74) is 1.28. The lowest BCUT2D eigenvalue weighted by Gasteiger charge is -2.18. The molecule has 0 bridgehead atoms. The zero-order chi connectivity index (χ0) is 19.4. The molecule has 140 valence electrons. The number of phenols is 1. The molecule has 1 saturated heterocycles.